The van der Waals surface area contributed by atoms with Crippen molar-refractivity contribution < 1.29 is 19.1 Å². The van der Waals surface area contributed by atoms with E-state index in [-0.39, 0.29) is 17.7 Å². The Morgan fingerprint density at radius 2 is 1.73 bits per heavy atom. The molecule has 7 nitrogen and oxygen atoms in total. The molecule has 0 saturated carbocycles. The molecule has 1 aliphatic rings. The van der Waals surface area contributed by atoms with E-state index in [0.29, 0.717) is 54.5 Å². The topological polar surface area (TPSA) is 87.7 Å². The van der Waals surface area contributed by atoms with Crippen molar-refractivity contribution in [1.82, 2.24) is 10.2 Å². The molecule has 8 heteroatoms. The maximum atomic E-state index is 12.9. The van der Waals surface area contributed by atoms with Crippen LogP contribution in [0, 0.1) is 6.92 Å². The van der Waals surface area contributed by atoms with E-state index in [9.17, 15) is 14.4 Å². The van der Waals surface area contributed by atoms with Gasteiger partial charge in [-0.3, -0.25) is 14.4 Å². The van der Waals surface area contributed by atoms with Crippen LogP contribution in [0.5, 0.6) is 0 Å². The fraction of sp³-hybridized carbons (Fsp3) is 0.240. The van der Waals surface area contributed by atoms with Crippen LogP contribution in [-0.2, 0) is 11.3 Å². The van der Waals surface area contributed by atoms with Gasteiger partial charge in [-0.05, 0) is 53.8 Å². The normalized spacial score (nSPS) is 13.4. The minimum absolute atomic E-state index is 0.0548. The average molecular weight is 464 g/mol. The largest absolute Gasteiger partial charge is 0.378 e. The lowest BCUT2D eigenvalue weighted by Crippen LogP contribution is -2.41. The molecular weight excluding hydrogens is 438 g/mol. The van der Waals surface area contributed by atoms with Crippen LogP contribution in [0.3, 0.4) is 0 Å². The van der Waals surface area contributed by atoms with Crippen molar-refractivity contribution >= 4 is 34.7 Å². The van der Waals surface area contributed by atoms with Crippen LogP contribution >= 0.6 is 11.3 Å². The third-order valence-electron chi connectivity index (χ3n) is 5.52. The maximum Gasteiger partial charge on any atom is 0.261 e. The van der Waals surface area contributed by atoms with E-state index in [4.69, 9.17) is 4.74 Å². The van der Waals surface area contributed by atoms with E-state index < -0.39 is 0 Å². The zero-order valence-corrected chi connectivity index (χ0v) is 19.1. The number of rotatable bonds is 6. The zero-order valence-electron chi connectivity index (χ0n) is 18.3. The van der Waals surface area contributed by atoms with Gasteiger partial charge in [0.05, 0.1) is 18.1 Å². The summed E-state index contributed by atoms with van der Waals surface area (Å²) in [6.45, 7) is 4.42. The fourth-order valence-electron chi connectivity index (χ4n) is 3.59. The summed E-state index contributed by atoms with van der Waals surface area (Å²) in [5.74, 6) is -0.433. The van der Waals surface area contributed by atoms with Crippen molar-refractivity contribution in [2.75, 3.05) is 31.6 Å². The number of nitrogens with one attached hydrogen (secondary N) is 2. The molecule has 2 heterocycles. The Hall–Kier alpha value is -3.49. The van der Waals surface area contributed by atoms with E-state index >= 15 is 0 Å². The van der Waals surface area contributed by atoms with Gasteiger partial charge in [0.1, 0.15) is 0 Å². The van der Waals surface area contributed by atoms with E-state index in [0.717, 1.165) is 11.1 Å². The Morgan fingerprint density at radius 3 is 2.42 bits per heavy atom. The molecule has 170 valence electrons. The summed E-state index contributed by atoms with van der Waals surface area (Å²) in [5.41, 5.74) is 3.30. The Kier molecular flexibility index (Phi) is 7.16. The summed E-state index contributed by atoms with van der Waals surface area (Å²) in [4.78, 5) is 40.2. The van der Waals surface area contributed by atoms with Gasteiger partial charge in [-0.1, -0.05) is 24.3 Å². The molecule has 4 rings (SSSR count). The molecule has 0 unspecified atom stereocenters. The van der Waals surface area contributed by atoms with Crippen molar-refractivity contribution in [3.05, 3.63) is 87.1 Å². The van der Waals surface area contributed by atoms with Crippen molar-refractivity contribution in [2.24, 2.45) is 0 Å². The van der Waals surface area contributed by atoms with Gasteiger partial charge in [0, 0.05) is 36.4 Å². The molecule has 2 aromatic carbocycles. The van der Waals surface area contributed by atoms with Crippen molar-refractivity contribution in [3.63, 3.8) is 0 Å². The Balaban J connectivity index is 1.38. The minimum Gasteiger partial charge on any atom is -0.378 e. The highest BCUT2D eigenvalue weighted by molar-refractivity contribution is 7.12. The summed E-state index contributed by atoms with van der Waals surface area (Å²) in [6.07, 6.45) is 0. The number of hydrogen-bond donors (Lipinski definition) is 2. The van der Waals surface area contributed by atoms with Gasteiger partial charge >= 0.3 is 0 Å². The van der Waals surface area contributed by atoms with Gasteiger partial charge in [-0.2, -0.15) is 0 Å². The zero-order chi connectivity index (χ0) is 23.2. The number of morpholine rings is 1. The molecule has 0 spiro atoms. The number of nitrogens with zero attached hydrogens (tertiary/aromatic N) is 1. The third-order valence-corrected chi connectivity index (χ3v) is 6.39. The van der Waals surface area contributed by atoms with Gasteiger partial charge in [-0.15, -0.1) is 11.3 Å². The van der Waals surface area contributed by atoms with Gasteiger partial charge in [-0.25, -0.2) is 0 Å². The highest BCUT2D eigenvalue weighted by Crippen LogP contribution is 2.22. The summed E-state index contributed by atoms with van der Waals surface area (Å²) < 4.78 is 5.32. The first-order valence-electron chi connectivity index (χ1n) is 10.7. The predicted octanol–water partition coefficient (Wildman–Crippen LogP) is 3.71. The molecule has 0 radical (unpaired) electrons. The molecule has 1 aliphatic heterocycles. The maximum absolute atomic E-state index is 12.9. The number of carbonyl (C=O) groups excluding carboxylic acids is 3. The summed E-state index contributed by atoms with van der Waals surface area (Å²) in [5, 5.41) is 7.64. The van der Waals surface area contributed by atoms with E-state index in [2.05, 4.69) is 10.6 Å². The second-order valence-corrected chi connectivity index (χ2v) is 8.64. The molecule has 33 heavy (non-hydrogen) atoms. The van der Waals surface area contributed by atoms with Crippen molar-refractivity contribution in [1.29, 1.82) is 0 Å². The van der Waals surface area contributed by atoms with Crippen LogP contribution in [0.15, 0.2) is 60.0 Å². The molecule has 0 bridgehead atoms. The Morgan fingerprint density at radius 1 is 0.970 bits per heavy atom. The molecule has 0 atom stereocenters. The van der Waals surface area contributed by atoms with Crippen LogP contribution in [0.4, 0.5) is 5.69 Å². The van der Waals surface area contributed by atoms with E-state index in [1.807, 2.05) is 30.5 Å². The summed E-state index contributed by atoms with van der Waals surface area (Å²) >= 11 is 1.39. The van der Waals surface area contributed by atoms with Crippen molar-refractivity contribution in [2.45, 2.75) is 13.5 Å². The SMILES string of the molecule is Cc1c(NC(=O)c2ccc(CNC(=O)c3cccs3)cc2)cccc1C(=O)N1CCOCC1. The molecule has 3 aromatic rings. The second kappa shape index (κ2) is 10.4. The first kappa shape index (κ1) is 22.7. The van der Waals surface area contributed by atoms with E-state index in [1.165, 1.54) is 11.3 Å². The minimum atomic E-state index is -0.261. The van der Waals surface area contributed by atoms with Gasteiger partial charge in [0.25, 0.3) is 17.7 Å². The Labute approximate surface area is 196 Å². The highest BCUT2D eigenvalue weighted by Gasteiger charge is 2.21. The number of carbonyl (C=O) groups is 3. The molecule has 1 aromatic heterocycles. The monoisotopic (exact) mass is 463 g/mol. The van der Waals surface area contributed by atoms with Gasteiger partial charge in [0.15, 0.2) is 0 Å². The van der Waals surface area contributed by atoms with Crippen LogP contribution in [0.2, 0.25) is 0 Å². The fourth-order valence-corrected chi connectivity index (χ4v) is 4.23. The van der Waals surface area contributed by atoms with Crippen molar-refractivity contribution in [3.8, 4) is 0 Å². The number of anilines is 1. The number of thiophene rings is 1. The second-order valence-electron chi connectivity index (χ2n) is 7.69. The molecule has 1 fully saturated rings. The number of benzene rings is 2. The lowest BCUT2D eigenvalue weighted by Gasteiger charge is -2.27. The highest BCUT2D eigenvalue weighted by atomic mass is 32.1. The first-order chi connectivity index (χ1) is 16.0. The quantitative estimate of drug-likeness (QED) is 0.583. The molecule has 1 saturated heterocycles. The lowest BCUT2D eigenvalue weighted by molar-refractivity contribution is 0.0302. The molecule has 2 N–H and O–H groups in total. The van der Waals surface area contributed by atoms with Crippen LogP contribution in [0.1, 0.15) is 41.5 Å². The van der Waals surface area contributed by atoms with Gasteiger partial charge in [0.2, 0.25) is 0 Å². The number of hydrogen-bond acceptors (Lipinski definition) is 5. The van der Waals surface area contributed by atoms with Crippen LogP contribution in [0.25, 0.3) is 0 Å². The Bertz CT molecular complexity index is 1140. The van der Waals surface area contributed by atoms with E-state index in [1.54, 1.807) is 41.3 Å². The predicted molar refractivity (Wildman–Crippen MR) is 128 cm³/mol. The number of ether oxygens (including phenoxy) is 1. The standard InChI is InChI=1S/C25H25N3O4S/c1-17-20(25(31)28-11-13-32-14-12-28)4-2-5-21(17)27-23(29)19-9-7-18(8-10-19)16-26-24(30)22-6-3-15-33-22/h2-10,15H,11-14,16H2,1H3,(H,26,30)(H,27,29). The summed E-state index contributed by atoms with van der Waals surface area (Å²) in [6, 6.07) is 16.0. The molecule has 0 aliphatic carbocycles. The summed E-state index contributed by atoms with van der Waals surface area (Å²) in [7, 11) is 0. The third kappa shape index (κ3) is 5.47. The lowest BCUT2D eigenvalue weighted by atomic mass is 10.0. The van der Waals surface area contributed by atoms with Gasteiger partial charge < -0.3 is 20.3 Å². The van der Waals surface area contributed by atoms with Crippen LogP contribution in [-0.4, -0.2) is 48.9 Å². The number of amides is 3. The van der Waals surface area contributed by atoms with Crippen LogP contribution < -0.4 is 10.6 Å². The first-order valence-corrected chi connectivity index (χ1v) is 11.6. The smallest absolute Gasteiger partial charge is 0.261 e. The molecule has 3 amide bonds. The average Bonchev–Trinajstić information content (AvgIpc) is 3.39. The molecular formula is C25H25N3O4S.